The number of H-pyrrole nitrogens is 1. The van der Waals surface area contributed by atoms with Crippen molar-refractivity contribution in [3.8, 4) is 0 Å². The Morgan fingerprint density at radius 2 is 1.79 bits per heavy atom. The molecule has 2 aliphatic heterocycles. The number of para-hydroxylation sites is 1. The normalized spacial score (nSPS) is 27.2. The molecule has 0 bridgehead atoms. The second kappa shape index (κ2) is 19.4. The van der Waals surface area contributed by atoms with Crippen molar-refractivity contribution in [2.45, 2.75) is 135 Å². The number of nitrogens with one attached hydrogen (secondary N) is 4. The summed E-state index contributed by atoms with van der Waals surface area (Å²) in [6, 6.07) is 5.48. The Morgan fingerprint density at radius 1 is 1.05 bits per heavy atom. The summed E-state index contributed by atoms with van der Waals surface area (Å²) >= 11 is 1.66. The van der Waals surface area contributed by atoms with E-state index in [0.29, 0.717) is 32.3 Å². The SMILES string of the molecule is COC1C(OC(=O)NC(COC(=O)C(C)NC(=O)C(CCc2c[nH]c3ccccc23)NC(=O)C(C)CCSC)C(C)C)CCC2(CO2)C1C1(C)OC1CC=C(C)C. The zero-order valence-corrected chi connectivity index (χ0v) is 35.9. The lowest BCUT2D eigenvalue weighted by Gasteiger charge is -2.42. The van der Waals surface area contributed by atoms with Crippen molar-refractivity contribution in [2.24, 2.45) is 17.8 Å². The number of epoxide rings is 2. The molecule has 1 saturated carbocycles. The van der Waals surface area contributed by atoms with Gasteiger partial charge in [-0.25, -0.2) is 9.59 Å². The van der Waals surface area contributed by atoms with Crippen LogP contribution >= 0.6 is 11.8 Å². The smallest absolute Gasteiger partial charge is 0.407 e. The van der Waals surface area contributed by atoms with Crippen LogP contribution in [0.2, 0.25) is 0 Å². The molecule has 13 nitrogen and oxygen atoms in total. The molecular formula is C43H64N4O9S. The van der Waals surface area contributed by atoms with Gasteiger partial charge in [-0.05, 0) is 95.8 Å². The van der Waals surface area contributed by atoms with E-state index in [9.17, 15) is 19.2 Å². The zero-order chi connectivity index (χ0) is 41.5. The summed E-state index contributed by atoms with van der Waals surface area (Å²) in [5.41, 5.74) is 2.45. The number of benzene rings is 1. The first kappa shape index (κ1) is 44.5. The van der Waals surface area contributed by atoms with Crippen LogP contribution in [0.5, 0.6) is 0 Å². The first-order chi connectivity index (χ1) is 27.1. The molecule has 1 aromatic carbocycles. The van der Waals surface area contributed by atoms with E-state index in [4.69, 9.17) is 23.7 Å². The van der Waals surface area contributed by atoms with E-state index < -0.39 is 53.9 Å². The number of fused-ring (bicyclic) bond motifs is 1. The second-order valence-electron chi connectivity index (χ2n) is 16.8. The van der Waals surface area contributed by atoms with Gasteiger partial charge in [0.25, 0.3) is 0 Å². The number of ether oxygens (including phenoxy) is 5. The van der Waals surface area contributed by atoms with Crippen LogP contribution in [0, 0.1) is 17.8 Å². The molecule has 5 rings (SSSR count). The number of methoxy groups -OCH3 is 1. The van der Waals surface area contributed by atoms with Crippen LogP contribution < -0.4 is 16.0 Å². The number of alkyl carbamates (subject to hydrolysis) is 1. The molecule has 1 aromatic heterocycles. The van der Waals surface area contributed by atoms with Gasteiger partial charge in [0, 0.05) is 30.1 Å². The van der Waals surface area contributed by atoms with E-state index in [1.54, 1.807) is 25.8 Å². The fourth-order valence-corrected chi connectivity index (χ4v) is 8.70. The average molecular weight is 813 g/mol. The molecule has 2 aromatic rings. The Bertz CT molecular complexity index is 1740. The Labute approximate surface area is 341 Å². The molecule has 3 amide bonds. The van der Waals surface area contributed by atoms with E-state index in [1.165, 1.54) is 5.57 Å². The Kier molecular flexibility index (Phi) is 15.2. The Hall–Kier alpha value is -3.59. The lowest BCUT2D eigenvalue weighted by atomic mass is 9.68. The van der Waals surface area contributed by atoms with E-state index in [2.05, 4.69) is 47.8 Å². The van der Waals surface area contributed by atoms with Crippen LogP contribution in [0.4, 0.5) is 4.79 Å². The van der Waals surface area contributed by atoms with E-state index >= 15 is 0 Å². The maximum Gasteiger partial charge on any atom is 0.407 e. The molecule has 2 saturated heterocycles. The summed E-state index contributed by atoms with van der Waals surface area (Å²) in [5.74, 6) is -1.02. The number of amides is 3. The monoisotopic (exact) mass is 812 g/mol. The molecule has 3 aliphatic rings. The molecule has 10 unspecified atom stereocenters. The predicted octanol–water partition coefficient (Wildman–Crippen LogP) is 5.85. The minimum absolute atomic E-state index is 0.0318. The van der Waals surface area contributed by atoms with Gasteiger partial charge in [-0.2, -0.15) is 11.8 Å². The van der Waals surface area contributed by atoms with E-state index in [0.717, 1.165) is 35.1 Å². The van der Waals surface area contributed by atoms with Crippen molar-refractivity contribution in [1.82, 2.24) is 20.9 Å². The minimum atomic E-state index is -1.01. The quantitative estimate of drug-likeness (QED) is 0.0722. The number of aromatic nitrogens is 1. The topological polar surface area (TPSA) is 173 Å². The number of thioether (sulfide) groups is 1. The van der Waals surface area contributed by atoms with Gasteiger partial charge in [0.15, 0.2) is 0 Å². The molecule has 316 valence electrons. The maximum absolute atomic E-state index is 13.6. The highest BCUT2D eigenvalue weighted by molar-refractivity contribution is 7.98. The molecule has 3 fully saturated rings. The van der Waals surface area contributed by atoms with Gasteiger partial charge in [0.2, 0.25) is 11.8 Å². The highest BCUT2D eigenvalue weighted by Gasteiger charge is 2.72. The van der Waals surface area contributed by atoms with Crippen molar-refractivity contribution < 1.29 is 42.9 Å². The summed E-state index contributed by atoms with van der Waals surface area (Å²) in [5, 5.41) is 9.64. The summed E-state index contributed by atoms with van der Waals surface area (Å²) in [4.78, 5) is 56.7. The summed E-state index contributed by atoms with van der Waals surface area (Å²) < 4.78 is 30.0. The predicted molar refractivity (Wildman–Crippen MR) is 221 cm³/mol. The number of allylic oxidation sites excluding steroid dienone is 1. The first-order valence-corrected chi connectivity index (χ1v) is 21.8. The third kappa shape index (κ3) is 11.1. The number of rotatable bonds is 20. The standard InChI is InChI=1S/C43H64N4O9S/c1-25(2)14-17-35-42(7,56-35)37-36(52-8)34(18-20-43(37)24-54-43)55-41(51)47-33(26(3)4)23-53-40(50)28(6)45-39(49)32(46-38(48)27(5)19-21-57-9)16-15-29-22-44-31-13-11-10-12-30(29)31/h10-14,22,26-28,32-37,44H,15-21,23-24H2,1-9H3,(H,45,49)(H,46,48)(H,47,51). The van der Waals surface area contributed by atoms with Crippen molar-refractivity contribution in [3.05, 3.63) is 47.7 Å². The van der Waals surface area contributed by atoms with Crippen LogP contribution in [-0.4, -0.2) is 109 Å². The zero-order valence-electron chi connectivity index (χ0n) is 35.1. The summed E-state index contributed by atoms with van der Waals surface area (Å²) in [7, 11) is 1.63. The van der Waals surface area contributed by atoms with Crippen molar-refractivity contribution in [1.29, 1.82) is 0 Å². The van der Waals surface area contributed by atoms with Crippen molar-refractivity contribution in [2.75, 3.05) is 32.3 Å². The number of hydrogen-bond donors (Lipinski definition) is 4. The number of aromatic amines is 1. The number of hydrogen-bond acceptors (Lipinski definition) is 10. The summed E-state index contributed by atoms with van der Waals surface area (Å²) in [6.45, 7) is 13.9. The van der Waals surface area contributed by atoms with Gasteiger partial charge in [-0.3, -0.25) is 9.59 Å². The largest absolute Gasteiger partial charge is 0.462 e. The minimum Gasteiger partial charge on any atom is -0.462 e. The molecule has 4 N–H and O–H groups in total. The van der Waals surface area contributed by atoms with Crippen LogP contribution in [0.25, 0.3) is 10.9 Å². The van der Waals surface area contributed by atoms with Gasteiger partial charge in [0.1, 0.15) is 42.1 Å². The molecule has 1 spiro atoms. The lowest BCUT2D eigenvalue weighted by Crippen LogP contribution is -2.56. The van der Waals surface area contributed by atoms with Gasteiger partial charge < -0.3 is 44.6 Å². The molecule has 10 atom stereocenters. The molecule has 3 heterocycles. The van der Waals surface area contributed by atoms with Gasteiger partial charge in [-0.1, -0.05) is 50.6 Å². The summed E-state index contributed by atoms with van der Waals surface area (Å²) in [6.07, 6.45) is 8.18. The number of carbonyl (C=O) groups is 4. The second-order valence-corrected chi connectivity index (χ2v) is 17.8. The average Bonchev–Trinajstić information content (AvgIpc) is 4.05. The van der Waals surface area contributed by atoms with Crippen molar-refractivity contribution in [3.63, 3.8) is 0 Å². The van der Waals surface area contributed by atoms with Crippen LogP contribution in [0.15, 0.2) is 42.1 Å². The third-order valence-electron chi connectivity index (χ3n) is 11.9. The highest BCUT2D eigenvalue weighted by Crippen LogP contribution is 2.59. The Morgan fingerprint density at radius 3 is 2.46 bits per heavy atom. The number of aryl methyl sites for hydroxylation is 1. The third-order valence-corrected chi connectivity index (χ3v) is 12.6. The van der Waals surface area contributed by atoms with Crippen LogP contribution in [0.3, 0.4) is 0 Å². The van der Waals surface area contributed by atoms with Gasteiger partial charge >= 0.3 is 12.1 Å². The molecule has 57 heavy (non-hydrogen) atoms. The van der Waals surface area contributed by atoms with Crippen molar-refractivity contribution >= 4 is 46.5 Å². The van der Waals surface area contributed by atoms with Crippen LogP contribution in [-0.2, 0) is 44.5 Å². The van der Waals surface area contributed by atoms with E-state index in [-0.39, 0.29) is 42.0 Å². The maximum atomic E-state index is 13.6. The molecule has 0 radical (unpaired) electrons. The number of carbonyl (C=O) groups excluding carboxylic acids is 4. The molecule has 14 heteroatoms. The lowest BCUT2D eigenvalue weighted by molar-refractivity contribution is -0.148. The molecular weight excluding hydrogens is 749 g/mol. The van der Waals surface area contributed by atoms with Gasteiger partial charge in [-0.15, -0.1) is 0 Å². The van der Waals surface area contributed by atoms with Gasteiger partial charge in [0.05, 0.1) is 24.7 Å². The fraction of sp³-hybridized carbons (Fsp3) is 0.674. The number of esters is 1. The molecule has 1 aliphatic carbocycles. The van der Waals surface area contributed by atoms with E-state index in [1.807, 2.05) is 57.5 Å². The first-order valence-electron chi connectivity index (χ1n) is 20.4. The Balaban J connectivity index is 1.15. The highest BCUT2D eigenvalue weighted by atomic mass is 32.2. The fourth-order valence-electron chi connectivity index (χ4n) is 8.11. The van der Waals surface area contributed by atoms with Crippen LogP contribution in [0.1, 0.15) is 86.1 Å².